The molecule has 0 aromatic heterocycles. The molecule has 12 heteroatoms. The first-order valence-electron chi connectivity index (χ1n) is 9.87. The third-order valence-electron chi connectivity index (χ3n) is 5.84. The number of hydrogen-bond donors (Lipinski definition) is 9. The van der Waals surface area contributed by atoms with Crippen molar-refractivity contribution in [2.24, 2.45) is 0 Å². The van der Waals surface area contributed by atoms with E-state index in [2.05, 4.69) is 0 Å². The molecule has 2 aromatic rings. The summed E-state index contributed by atoms with van der Waals surface area (Å²) < 4.78 is 10.9. The van der Waals surface area contributed by atoms with Crippen LogP contribution in [0.3, 0.4) is 0 Å². The van der Waals surface area contributed by atoms with E-state index in [1.807, 2.05) is 0 Å². The number of Topliss-reactive ketones (excluding diaryl/α,β-unsaturated/α-hetero) is 1. The lowest BCUT2D eigenvalue weighted by Crippen LogP contribution is -2.55. The van der Waals surface area contributed by atoms with Gasteiger partial charge in [-0.3, -0.25) is 4.79 Å². The van der Waals surface area contributed by atoms with Crippen molar-refractivity contribution in [1.82, 2.24) is 0 Å². The highest BCUT2D eigenvalue weighted by Gasteiger charge is 2.48. The molecular formula is C21H22O12. The van der Waals surface area contributed by atoms with Gasteiger partial charge in [-0.15, -0.1) is 0 Å². The van der Waals surface area contributed by atoms with Crippen LogP contribution in [0.5, 0.6) is 28.7 Å². The van der Waals surface area contributed by atoms with Crippen LogP contribution >= 0.6 is 0 Å². The maximum absolute atomic E-state index is 12.9. The Balaban J connectivity index is 1.77. The lowest BCUT2D eigenvalue weighted by molar-refractivity contribution is -0.232. The third kappa shape index (κ3) is 3.62. The maximum atomic E-state index is 12.9. The Morgan fingerprint density at radius 1 is 0.818 bits per heavy atom. The molecule has 178 valence electrons. The molecule has 1 saturated heterocycles. The average Bonchev–Trinajstić information content (AvgIpc) is 2.77. The van der Waals surface area contributed by atoms with Crippen LogP contribution in [0.4, 0.5) is 0 Å². The van der Waals surface area contributed by atoms with Crippen molar-refractivity contribution < 1.29 is 60.2 Å². The van der Waals surface area contributed by atoms with Gasteiger partial charge in [0.2, 0.25) is 5.78 Å². The quantitative estimate of drug-likeness (QED) is 0.241. The normalized spacial score (nSPS) is 31.7. The van der Waals surface area contributed by atoms with Crippen LogP contribution in [0.1, 0.15) is 33.7 Å². The summed E-state index contributed by atoms with van der Waals surface area (Å²) >= 11 is 0. The summed E-state index contributed by atoms with van der Waals surface area (Å²) in [5.74, 6) is -3.90. The second-order valence-electron chi connectivity index (χ2n) is 7.88. The van der Waals surface area contributed by atoms with Crippen LogP contribution in [-0.4, -0.2) is 88.9 Å². The number of rotatable bonds is 3. The number of hydrogen-bond acceptors (Lipinski definition) is 12. The van der Waals surface area contributed by atoms with E-state index in [4.69, 9.17) is 9.47 Å². The Morgan fingerprint density at radius 3 is 2.15 bits per heavy atom. The van der Waals surface area contributed by atoms with E-state index in [1.54, 1.807) is 0 Å². The second-order valence-corrected chi connectivity index (χ2v) is 7.88. The number of carbonyl (C=O) groups excluding carboxylic acids is 1. The van der Waals surface area contributed by atoms with Gasteiger partial charge in [0.25, 0.3) is 0 Å². The number of aliphatic hydroxyl groups excluding tert-OH is 5. The lowest BCUT2D eigenvalue weighted by atomic mass is 9.86. The van der Waals surface area contributed by atoms with E-state index >= 15 is 0 Å². The molecule has 1 fully saturated rings. The van der Waals surface area contributed by atoms with Crippen molar-refractivity contribution in [2.45, 2.75) is 42.7 Å². The SMILES string of the molecule is O=C1c2c(cc(O)c([C@H]3O[C@H](CO)[C@@H](O)[C@H](O)[C@H]3O)c2O)O[C@@H](c2ccc(O)c(O)c2)[C@H]1O. The largest absolute Gasteiger partial charge is 0.507 e. The molecule has 0 bridgehead atoms. The first-order chi connectivity index (χ1) is 15.6. The van der Waals surface area contributed by atoms with Gasteiger partial charge < -0.3 is 55.4 Å². The molecule has 0 spiro atoms. The molecule has 0 saturated carbocycles. The molecule has 2 aliphatic heterocycles. The number of aliphatic hydroxyl groups is 5. The van der Waals surface area contributed by atoms with Crippen LogP contribution in [0.15, 0.2) is 24.3 Å². The topological polar surface area (TPSA) is 218 Å². The number of fused-ring (bicyclic) bond motifs is 1. The fraction of sp³-hybridized carbons (Fsp3) is 0.381. The molecule has 9 N–H and O–H groups in total. The molecule has 0 radical (unpaired) electrons. The van der Waals surface area contributed by atoms with E-state index < -0.39 is 89.2 Å². The average molecular weight is 466 g/mol. The van der Waals surface area contributed by atoms with E-state index in [0.717, 1.165) is 18.2 Å². The monoisotopic (exact) mass is 466 g/mol. The number of benzene rings is 2. The van der Waals surface area contributed by atoms with Gasteiger partial charge in [-0.1, -0.05) is 6.07 Å². The van der Waals surface area contributed by atoms with Crippen molar-refractivity contribution >= 4 is 5.78 Å². The predicted molar refractivity (Wildman–Crippen MR) is 106 cm³/mol. The predicted octanol–water partition coefficient (Wildman–Crippen LogP) is -1.30. The Hall–Kier alpha value is -3.13. The lowest BCUT2D eigenvalue weighted by Gasteiger charge is -2.41. The molecule has 33 heavy (non-hydrogen) atoms. The minimum absolute atomic E-state index is 0.119. The summed E-state index contributed by atoms with van der Waals surface area (Å²) in [5.41, 5.74) is -0.934. The second kappa shape index (κ2) is 8.33. The number of phenolic OH excluding ortho intramolecular Hbond substituents is 4. The Bertz CT molecular complexity index is 1080. The minimum Gasteiger partial charge on any atom is -0.507 e. The molecule has 0 aliphatic carbocycles. The van der Waals surface area contributed by atoms with E-state index in [0.29, 0.717) is 0 Å². The van der Waals surface area contributed by atoms with Gasteiger partial charge in [-0.25, -0.2) is 0 Å². The molecule has 2 aliphatic rings. The summed E-state index contributed by atoms with van der Waals surface area (Å²) in [5, 5.41) is 90.7. The van der Waals surface area contributed by atoms with Gasteiger partial charge >= 0.3 is 0 Å². The highest BCUT2D eigenvalue weighted by atomic mass is 16.5. The van der Waals surface area contributed by atoms with Crippen molar-refractivity contribution in [3.8, 4) is 28.7 Å². The third-order valence-corrected chi connectivity index (χ3v) is 5.84. The first kappa shape index (κ1) is 23.0. The molecule has 12 nitrogen and oxygen atoms in total. The number of phenols is 4. The maximum Gasteiger partial charge on any atom is 0.202 e. The zero-order valence-electron chi connectivity index (χ0n) is 16.8. The minimum atomic E-state index is -1.86. The number of ketones is 1. The van der Waals surface area contributed by atoms with Crippen LogP contribution in [0, 0.1) is 0 Å². The van der Waals surface area contributed by atoms with E-state index in [1.165, 1.54) is 6.07 Å². The fourth-order valence-corrected chi connectivity index (χ4v) is 4.05. The van der Waals surface area contributed by atoms with Crippen molar-refractivity contribution in [3.05, 3.63) is 41.0 Å². The highest BCUT2D eigenvalue weighted by molar-refractivity contribution is 6.06. The van der Waals surface area contributed by atoms with Crippen molar-refractivity contribution in [1.29, 1.82) is 0 Å². The van der Waals surface area contributed by atoms with E-state index in [-0.39, 0.29) is 11.3 Å². The molecule has 4 rings (SSSR count). The molecule has 7 atom stereocenters. The molecule has 0 amide bonds. The zero-order valence-corrected chi connectivity index (χ0v) is 16.8. The van der Waals surface area contributed by atoms with Gasteiger partial charge in [0.1, 0.15) is 53.3 Å². The summed E-state index contributed by atoms with van der Waals surface area (Å²) in [4.78, 5) is 12.9. The van der Waals surface area contributed by atoms with Gasteiger partial charge in [0.15, 0.2) is 23.7 Å². The number of ether oxygens (including phenoxy) is 2. The van der Waals surface area contributed by atoms with Crippen LogP contribution in [0.25, 0.3) is 0 Å². The number of aromatic hydroxyl groups is 4. The fourth-order valence-electron chi connectivity index (χ4n) is 4.05. The van der Waals surface area contributed by atoms with Gasteiger partial charge in [-0.05, 0) is 17.7 Å². The van der Waals surface area contributed by atoms with Gasteiger partial charge in [0.05, 0.1) is 12.2 Å². The molecule has 2 heterocycles. The Kier molecular flexibility index (Phi) is 5.82. The molecule has 0 unspecified atom stereocenters. The molecular weight excluding hydrogens is 444 g/mol. The van der Waals surface area contributed by atoms with E-state index in [9.17, 15) is 50.8 Å². The molecule has 2 aromatic carbocycles. The van der Waals surface area contributed by atoms with Crippen molar-refractivity contribution in [2.75, 3.05) is 6.61 Å². The van der Waals surface area contributed by atoms with Gasteiger partial charge in [0, 0.05) is 6.07 Å². The number of carbonyl (C=O) groups is 1. The Morgan fingerprint density at radius 2 is 1.52 bits per heavy atom. The van der Waals surface area contributed by atoms with Crippen molar-refractivity contribution in [3.63, 3.8) is 0 Å². The first-order valence-corrected chi connectivity index (χ1v) is 9.87. The zero-order chi connectivity index (χ0) is 24.2. The standard InChI is InChI=1S/C21H22O12/c22-5-11-14(26)17(29)19(31)21(33-11)12-9(25)4-10-13(15(12)27)16(28)18(30)20(32-10)6-1-2-7(23)8(24)3-6/h1-4,11,14,17-27,29-31H,5H2/t11-,14-,17+,18+,19-,20+,21-/m1/s1. The van der Waals surface area contributed by atoms with Crippen LogP contribution in [0.2, 0.25) is 0 Å². The Labute approximate surface area is 185 Å². The summed E-state index contributed by atoms with van der Waals surface area (Å²) in [6.45, 7) is -0.754. The smallest absolute Gasteiger partial charge is 0.202 e. The highest BCUT2D eigenvalue weighted by Crippen LogP contribution is 2.49. The van der Waals surface area contributed by atoms with Gasteiger partial charge in [-0.2, -0.15) is 0 Å². The van der Waals surface area contributed by atoms with Crippen LogP contribution < -0.4 is 4.74 Å². The summed E-state index contributed by atoms with van der Waals surface area (Å²) in [7, 11) is 0. The van der Waals surface area contributed by atoms with Crippen LogP contribution in [-0.2, 0) is 4.74 Å². The summed E-state index contributed by atoms with van der Waals surface area (Å²) in [6, 6.07) is 4.42. The summed E-state index contributed by atoms with van der Waals surface area (Å²) in [6.07, 6.45) is -11.5.